The molecule has 0 unspecified atom stereocenters. The monoisotopic (exact) mass is 397 g/mol. The molecule has 0 saturated carbocycles. The molecule has 1 amide bonds. The Morgan fingerprint density at radius 1 is 1.27 bits per heavy atom. The fourth-order valence-corrected chi connectivity index (χ4v) is 3.19. The molecule has 26 heavy (non-hydrogen) atoms. The third kappa shape index (κ3) is 4.89. The lowest BCUT2D eigenvalue weighted by molar-refractivity contribution is -0.123. The Morgan fingerprint density at radius 2 is 1.96 bits per heavy atom. The van der Waals surface area contributed by atoms with Gasteiger partial charge in [0.25, 0.3) is 5.91 Å². The quantitative estimate of drug-likeness (QED) is 0.753. The van der Waals surface area contributed by atoms with Gasteiger partial charge in [-0.3, -0.25) is 9.00 Å². The van der Waals surface area contributed by atoms with Gasteiger partial charge in [0.05, 0.1) is 26.9 Å². The van der Waals surface area contributed by atoms with Gasteiger partial charge >= 0.3 is 5.97 Å². The Balaban J connectivity index is 2.09. The predicted molar refractivity (Wildman–Crippen MR) is 98.3 cm³/mol. The molecule has 2 rings (SSSR count). The molecule has 0 bridgehead atoms. The molecule has 0 fully saturated rings. The summed E-state index contributed by atoms with van der Waals surface area (Å²) in [7, 11) is -1.35. The maximum Gasteiger partial charge on any atom is 0.340 e. The van der Waals surface area contributed by atoms with Crippen LogP contribution in [0.15, 0.2) is 47.4 Å². The molecule has 5 nitrogen and oxygen atoms in total. The van der Waals surface area contributed by atoms with Gasteiger partial charge < -0.3 is 10.1 Å². The van der Waals surface area contributed by atoms with Gasteiger partial charge in [0, 0.05) is 10.8 Å². The summed E-state index contributed by atoms with van der Waals surface area (Å²) in [6, 6.07) is 10.1. The molecule has 0 saturated heterocycles. The van der Waals surface area contributed by atoms with Crippen molar-refractivity contribution in [1.29, 1.82) is 0 Å². The number of benzene rings is 2. The van der Waals surface area contributed by atoms with E-state index < -0.39 is 34.6 Å². The Hall–Kier alpha value is -2.25. The number of carbonyl (C=O) groups excluding carboxylic acids is 2. The van der Waals surface area contributed by atoms with Gasteiger partial charge in [-0.05, 0) is 37.3 Å². The standard InChI is InChI=1S/C18H17ClFNO4S/c1-3-26(24)16-7-5-4-6-13(16)18(23)25-11(2)17(22)21-15-9-8-12(19)10-14(15)20/h4-11H,3H2,1-2H3,(H,21,22)/t11-,26-/m0/s1. The lowest BCUT2D eigenvalue weighted by atomic mass is 10.2. The fraction of sp³-hybridized carbons (Fsp3) is 0.222. The van der Waals surface area contributed by atoms with Gasteiger partial charge in [-0.25, -0.2) is 9.18 Å². The summed E-state index contributed by atoms with van der Waals surface area (Å²) < 4.78 is 30.9. The second kappa shape index (κ2) is 8.91. The Labute approximate surface area is 158 Å². The van der Waals surface area contributed by atoms with Crippen molar-refractivity contribution in [3.63, 3.8) is 0 Å². The summed E-state index contributed by atoms with van der Waals surface area (Å²) >= 11 is 5.66. The van der Waals surface area contributed by atoms with E-state index in [0.717, 1.165) is 6.07 Å². The zero-order chi connectivity index (χ0) is 19.3. The maximum absolute atomic E-state index is 13.7. The first-order valence-electron chi connectivity index (χ1n) is 7.77. The summed E-state index contributed by atoms with van der Waals surface area (Å²) in [4.78, 5) is 24.8. The third-order valence-electron chi connectivity index (χ3n) is 3.46. The minimum atomic E-state index is -1.35. The van der Waals surface area contributed by atoms with E-state index in [2.05, 4.69) is 5.32 Å². The lowest BCUT2D eigenvalue weighted by Crippen LogP contribution is -2.30. The number of anilines is 1. The van der Waals surface area contributed by atoms with E-state index in [9.17, 15) is 18.2 Å². The van der Waals surface area contributed by atoms with Crippen LogP contribution in [0.5, 0.6) is 0 Å². The second-order valence-electron chi connectivity index (χ2n) is 5.29. The molecule has 138 valence electrons. The number of rotatable bonds is 6. The van der Waals surface area contributed by atoms with Crippen LogP contribution in [0.2, 0.25) is 5.02 Å². The fourth-order valence-electron chi connectivity index (χ4n) is 2.09. The van der Waals surface area contributed by atoms with Gasteiger partial charge in [-0.1, -0.05) is 30.7 Å². The Morgan fingerprint density at radius 3 is 2.62 bits per heavy atom. The Kier molecular flexibility index (Phi) is 6.88. The van der Waals surface area contributed by atoms with E-state index >= 15 is 0 Å². The van der Waals surface area contributed by atoms with Gasteiger partial charge in [-0.2, -0.15) is 0 Å². The number of amides is 1. The van der Waals surface area contributed by atoms with Crippen LogP contribution < -0.4 is 5.32 Å². The lowest BCUT2D eigenvalue weighted by Gasteiger charge is -2.15. The predicted octanol–water partition coefficient (Wildman–Crippen LogP) is 3.79. The van der Waals surface area contributed by atoms with Crippen LogP contribution in [0.1, 0.15) is 24.2 Å². The molecule has 0 aliphatic heterocycles. The van der Waals surface area contributed by atoms with E-state index in [1.165, 1.54) is 25.1 Å². The molecular weight excluding hydrogens is 381 g/mol. The highest BCUT2D eigenvalue weighted by atomic mass is 35.5. The first-order valence-corrected chi connectivity index (χ1v) is 9.47. The van der Waals surface area contributed by atoms with Crippen molar-refractivity contribution in [3.8, 4) is 0 Å². The van der Waals surface area contributed by atoms with Crippen LogP contribution in [-0.4, -0.2) is 27.9 Å². The van der Waals surface area contributed by atoms with Crippen molar-refractivity contribution in [3.05, 3.63) is 58.9 Å². The largest absolute Gasteiger partial charge is 0.449 e. The maximum atomic E-state index is 13.7. The van der Waals surface area contributed by atoms with Crippen molar-refractivity contribution in [2.45, 2.75) is 24.8 Å². The van der Waals surface area contributed by atoms with Crippen LogP contribution in [0.3, 0.4) is 0 Å². The molecule has 0 aliphatic carbocycles. The minimum absolute atomic E-state index is 0.0743. The van der Waals surface area contributed by atoms with Crippen molar-refractivity contribution < 1.29 is 22.9 Å². The number of ether oxygens (including phenoxy) is 1. The highest BCUT2D eigenvalue weighted by Crippen LogP contribution is 2.20. The SMILES string of the molecule is CC[S@](=O)c1ccccc1C(=O)O[C@@H](C)C(=O)Nc1ccc(Cl)cc1F. The number of halogens is 2. The molecular formula is C18H17ClFNO4S. The van der Waals surface area contributed by atoms with Crippen molar-refractivity contribution in [2.24, 2.45) is 0 Å². The Bertz CT molecular complexity index is 859. The van der Waals surface area contributed by atoms with E-state index in [1.54, 1.807) is 25.1 Å². The van der Waals surface area contributed by atoms with Crippen molar-refractivity contribution in [2.75, 3.05) is 11.1 Å². The summed E-state index contributed by atoms with van der Waals surface area (Å²) in [5.74, 6) is -1.83. The average Bonchev–Trinajstić information content (AvgIpc) is 2.63. The molecule has 0 aliphatic rings. The summed E-state index contributed by atoms with van der Waals surface area (Å²) in [5.41, 5.74) is 0.0554. The third-order valence-corrected chi connectivity index (χ3v) is 5.06. The molecule has 2 aromatic rings. The van der Waals surface area contributed by atoms with E-state index in [4.69, 9.17) is 16.3 Å². The number of hydrogen-bond donors (Lipinski definition) is 1. The molecule has 1 N–H and O–H groups in total. The average molecular weight is 398 g/mol. The normalized spacial score (nSPS) is 12.9. The molecule has 2 aromatic carbocycles. The summed E-state index contributed by atoms with van der Waals surface area (Å²) in [6.07, 6.45) is -1.18. The second-order valence-corrected chi connectivity index (χ2v) is 7.44. The highest BCUT2D eigenvalue weighted by molar-refractivity contribution is 7.85. The van der Waals surface area contributed by atoms with Crippen LogP contribution >= 0.6 is 11.6 Å². The van der Waals surface area contributed by atoms with Gasteiger partial charge in [0.15, 0.2) is 6.10 Å². The van der Waals surface area contributed by atoms with Crippen LogP contribution in [0.4, 0.5) is 10.1 Å². The smallest absolute Gasteiger partial charge is 0.340 e. The van der Waals surface area contributed by atoms with Crippen LogP contribution in [0, 0.1) is 5.82 Å². The van der Waals surface area contributed by atoms with E-state index in [0.29, 0.717) is 10.6 Å². The van der Waals surface area contributed by atoms with Gasteiger partial charge in [0.2, 0.25) is 0 Å². The minimum Gasteiger partial charge on any atom is -0.449 e. The summed E-state index contributed by atoms with van der Waals surface area (Å²) in [6.45, 7) is 3.09. The highest BCUT2D eigenvalue weighted by Gasteiger charge is 2.22. The first kappa shape index (κ1) is 20.1. The van der Waals surface area contributed by atoms with E-state index in [-0.39, 0.29) is 16.3 Å². The number of nitrogens with one attached hydrogen (secondary N) is 1. The topological polar surface area (TPSA) is 72.5 Å². The number of esters is 1. The number of hydrogen-bond acceptors (Lipinski definition) is 4. The molecule has 0 heterocycles. The van der Waals surface area contributed by atoms with Crippen LogP contribution in [-0.2, 0) is 20.3 Å². The molecule has 0 spiro atoms. The van der Waals surface area contributed by atoms with Crippen LogP contribution in [0.25, 0.3) is 0 Å². The summed E-state index contributed by atoms with van der Waals surface area (Å²) in [5, 5.41) is 2.53. The molecule has 2 atom stereocenters. The molecule has 8 heteroatoms. The molecule has 0 radical (unpaired) electrons. The first-order chi connectivity index (χ1) is 12.3. The molecule has 0 aromatic heterocycles. The van der Waals surface area contributed by atoms with Gasteiger partial charge in [0.1, 0.15) is 5.82 Å². The van der Waals surface area contributed by atoms with E-state index in [1.807, 2.05) is 0 Å². The van der Waals surface area contributed by atoms with Crippen molar-refractivity contribution >= 4 is 40.0 Å². The zero-order valence-electron chi connectivity index (χ0n) is 14.1. The van der Waals surface area contributed by atoms with Gasteiger partial charge in [-0.15, -0.1) is 0 Å². The zero-order valence-corrected chi connectivity index (χ0v) is 15.7. The van der Waals surface area contributed by atoms with Crippen molar-refractivity contribution in [1.82, 2.24) is 0 Å². The number of carbonyl (C=O) groups is 2.